The topological polar surface area (TPSA) is 12.9 Å². The number of hydrogen-bond acceptors (Lipinski definition) is 1. The summed E-state index contributed by atoms with van der Waals surface area (Å²) in [6.45, 7) is 0. The summed E-state index contributed by atoms with van der Waals surface area (Å²) >= 11 is 5.49. The number of rotatable bonds is 1. The van der Waals surface area contributed by atoms with Gasteiger partial charge in [0.05, 0.1) is 5.88 Å². The molecule has 3 heteroatoms. The monoisotopic (exact) mass is 137 g/mol. The molecule has 1 nitrogen and oxygen atoms in total. The van der Waals surface area contributed by atoms with E-state index < -0.39 is 0 Å². The predicted molar refractivity (Wildman–Crippen MR) is 39.2 cm³/mol. The van der Waals surface area contributed by atoms with Gasteiger partial charge in [-0.15, -0.1) is 11.6 Å². The van der Waals surface area contributed by atoms with Crippen LogP contribution in [-0.2, 0) is 5.88 Å². The minimum atomic E-state index is 0.382. The Hall–Kier alpha value is -0.495. The summed E-state index contributed by atoms with van der Waals surface area (Å²) in [5.74, 6) is 0.382. The number of nitrogens with zero attached hydrogens (tertiary/aromatic N) is 1. The van der Waals surface area contributed by atoms with Crippen molar-refractivity contribution in [3.05, 3.63) is 24.0 Å². The smallest absolute Gasteiger partial charge is 0.116 e. The molecule has 0 aromatic carbocycles. The fourth-order valence-electron chi connectivity index (χ4n) is 0.562. The zero-order valence-corrected chi connectivity index (χ0v) is 5.60. The molecule has 0 N–H and O–H groups in total. The van der Waals surface area contributed by atoms with Crippen LogP contribution in [-0.4, -0.2) is 12.8 Å². The molecular weight excluding hydrogens is 132 g/mol. The minimum absolute atomic E-state index is 0.382. The van der Waals surface area contributed by atoms with Gasteiger partial charge in [-0.1, -0.05) is 11.5 Å². The van der Waals surface area contributed by atoms with Crippen LogP contribution >= 0.6 is 11.6 Å². The Morgan fingerprint density at radius 2 is 2.44 bits per heavy atom. The molecule has 0 bridgehead atoms. The van der Waals surface area contributed by atoms with Crippen LogP contribution in [0.4, 0.5) is 0 Å². The van der Waals surface area contributed by atoms with Crippen LogP contribution < -0.4 is 5.46 Å². The van der Waals surface area contributed by atoms with Crippen LogP contribution in [0.1, 0.15) is 5.69 Å². The van der Waals surface area contributed by atoms with Crippen molar-refractivity contribution in [2.24, 2.45) is 0 Å². The number of hydrogen-bond donors (Lipinski definition) is 0. The van der Waals surface area contributed by atoms with Gasteiger partial charge in [0.1, 0.15) is 7.85 Å². The van der Waals surface area contributed by atoms with Crippen molar-refractivity contribution in [3.63, 3.8) is 0 Å². The summed E-state index contributed by atoms with van der Waals surface area (Å²) in [6, 6.07) is 3.57. The molecule has 1 heterocycles. The Balaban J connectivity index is 3.01. The molecular formula is C6H5BClN. The molecule has 0 saturated carbocycles. The van der Waals surface area contributed by atoms with E-state index in [0.717, 1.165) is 5.69 Å². The molecule has 0 aliphatic heterocycles. The minimum Gasteiger partial charge on any atom is -0.261 e. The van der Waals surface area contributed by atoms with E-state index in [4.69, 9.17) is 19.4 Å². The van der Waals surface area contributed by atoms with Crippen LogP contribution in [0.3, 0.4) is 0 Å². The highest BCUT2D eigenvalue weighted by atomic mass is 35.5. The third-order valence-electron chi connectivity index (χ3n) is 1.05. The first-order valence-electron chi connectivity index (χ1n) is 2.60. The lowest BCUT2D eigenvalue weighted by atomic mass is 9.95. The fourth-order valence-corrected chi connectivity index (χ4v) is 0.785. The van der Waals surface area contributed by atoms with E-state index in [1.807, 2.05) is 0 Å². The van der Waals surface area contributed by atoms with E-state index >= 15 is 0 Å². The summed E-state index contributed by atoms with van der Waals surface area (Å²) < 4.78 is 0. The first kappa shape index (κ1) is 6.62. The SMILES string of the molecule is [B]c1cccnc1CCl. The lowest BCUT2D eigenvalue weighted by Crippen LogP contribution is -2.09. The maximum Gasteiger partial charge on any atom is 0.116 e. The fraction of sp³-hybridized carbons (Fsp3) is 0.167. The van der Waals surface area contributed by atoms with Crippen LogP contribution in [0.2, 0.25) is 0 Å². The van der Waals surface area contributed by atoms with Gasteiger partial charge in [0.2, 0.25) is 0 Å². The molecule has 0 spiro atoms. The molecule has 0 saturated heterocycles. The molecule has 0 atom stereocenters. The van der Waals surface area contributed by atoms with E-state index in [0.29, 0.717) is 11.3 Å². The summed E-state index contributed by atoms with van der Waals surface area (Å²) in [4.78, 5) is 3.94. The van der Waals surface area contributed by atoms with Crippen LogP contribution in [0.15, 0.2) is 18.3 Å². The lowest BCUT2D eigenvalue weighted by Gasteiger charge is -1.96. The van der Waals surface area contributed by atoms with Crippen LogP contribution in [0.5, 0.6) is 0 Å². The molecule has 0 aliphatic rings. The number of aromatic nitrogens is 1. The highest BCUT2D eigenvalue weighted by Crippen LogP contribution is 1.92. The molecule has 2 radical (unpaired) electrons. The largest absolute Gasteiger partial charge is 0.261 e. The van der Waals surface area contributed by atoms with Crippen molar-refractivity contribution in [1.29, 1.82) is 0 Å². The van der Waals surface area contributed by atoms with Gasteiger partial charge in [-0.25, -0.2) is 0 Å². The normalized spacial score (nSPS) is 9.44. The summed E-state index contributed by atoms with van der Waals surface area (Å²) in [6.07, 6.45) is 1.67. The second-order valence-corrected chi connectivity index (χ2v) is 1.94. The molecule has 9 heavy (non-hydrogen) atoms. The van der Waals surface area contributed by atoms with Gasteiger partial charge < -0.3 is 0 Å². The third kappa shape index (κ3) is 1.45. The molecule has 0 unspecified atom stereocenters. The van der Waals surface area contributed by atoms with Crippen molar-refractivity contribution in [2.45, 2.75) is 5.88 Å². The summed E-state index contributed by atoms with van der Waals surface area (Å²) in [5, 5.41) is 0. The molecule has 1 aromatic rings. The Labute approximate surface area is 60.5 Å². The molecule has 1 rings (SSSR count). The maximum atomic E-state index is 5.49. The average Bonchev–Trinajstić information content (AvgIpc) is 1.89. The molecule has 1 aromatic heterocycles. The average molecular weight is 137 g/mol. The standard InChI is InChI=1S/C6H5BClN/c7-5-2-1-3-9-6(5)4-8/h1-3H,4H2. The highest BCUT2D eigenvalue weighted by molar-refractivity contribution is 6.34. The Morgan fingerprint density at radius 1 is 1.67 bits per heavy atom. The van der Waals surface area contributed by atoms with E-state index in [1.54, 1.807) is 18.3 Å². The van der Waals surface area contributed by atoms with Gasteiger partial charge in [0, 0.05) is 11.9 Å². The van der Waals surface area contributed by atoms with Gasteiger partial charge in [0.15, 0.2) is 0 Å². The second-order valence-electron chi connectivity index (χ2n) is 1.67. The number of halogens is 1. The second kappa shape index (κ2) is 2.88. The van der Waals surface area contributed by atoms with Crippen LogP contribution in [0.25, 0.3) is 0 Å². The van der Waals surface area contributed by atoms with Crippen molar-refractivity contribution in [1.82, 2.24) is 4.98 Å². The summed E-state index contributed by atoms with van der Waals surface area (Å²) in [5.41, 5.74) is 1.41. The summed E-state index contributed by atoms with van der Waals surface area (Å²) in [7, 11) is 5.48. The van der Waals surface area contributed by atoms with Gasteiger partial charge in [-0.05, 0) is 6.07 Å². The van der Waals surface area contributed by atoms with E-state index in [2.05, 4.69) is 4.98 Å². The zero-order valence-electron chi connectivity index (χ0n) is 4.84. The Morgan fingerprint density at radius 3 is 2.89 bits per heavy atom. The maximum absolute atomic E-state index is 5.49. The van der Waals surface area contributed by atoms with Crippen molar-refractivity contribution >= 4 is 24.9 Å². The van der Waals surface area contributed by atoms with Crippen molar-refractivity contribution in [3.8, 4) is 0 Å². The van der Waals surface area contributed by atoms with Gasteiger partial charge in [-0.3, -0.25) is 4.98 Å². The van der Waals surface area contributed by atoms with Crippen molar-refractivity contribution in [2.75, 3.05) is 0 Å². The quantitative estimate of drug-likeness (QED) is 0.408. The number of pyridine rings is 1. The Bertz CT molecular complexity index is 202. The molecule has 0 amide bonds. The first-order chi connectivity index (χ1) is 4.34. The third-order valence-corrected chi connectivity index (χ3v) is 1.31. The van der Waals surface area contributed by atoms with E-state index in [-0.39, 0.29) is 0 Å². The highest BCUT2D eigenvalue weighted by Gasteiger charge is 1.92. The van der Waals surface area contributed by atoms with E-state index in [1.165, 1.54) is 0 Å². The zero-order chi connectivity index (χ0) is 6.69. The van der Waals surface area contributed by atoms with Crippen LogP contribution in [0, 0.1) is 0 Å². The molecule has 44 valence electrons. The Kier molecular flexibility index (Phi) is 2.12. The predicted octanol–water partition coefficient (Wildman–Crippen LogP) is 0.614. The first-order valence-corrected chi connectivity index (χ1v) is 3.13. The number of alkyl halides is 1. The molecule has 0 aliphatic carbocycles. The van der Waals surface area contributed by atoms with Gasteiger partial charge in [-0.2, -0.15) is 0 Å². The lowest BCUT2D eigenvalue weighted by molar-refractivity contribution is 1.19. The van der Waals surface area contributed by atoms with Gasteiger partial charge in [0.25, 0.3) is 0 Å². The van der Waals surface area contributed by atoms with Gasteiger partial charge >= 0.3 is 0 Å². The van der Waals surface area contributed by atoms with Crippen molar-refractivity contribution < 1.29 is 0 Å². The van der Waals surface area contributed by atoms with E-state index in [9.17, 15) is 0 Å². The molecule has 0 fully saturated rings.